The Morgan fingerprint density at radius 1 is 1.00 bits per heavy atom. The monoisotopic (exact) mass is 319 g/mol. The zero-order valence-electron chi connectivity index (χ0n) is 13.1. The van der Waals surface area contributed by atoms with Crippen molar-refractivity contribution < 1.29 is 15.0 Å². The topological polar surface area (TPSA) is 70.4 Å². The van der Waals surface area contributed by atoms with Crippen molar-refractivity contribution in [2.75, 3.05) is 0 Å². The van der Waals surface area contributed by atoms with Gasteiger partial charge in [-0.05, 0) is 36.8 Å². The van der Waals surface area contributed by atoms with E-state index >= 15 is 0 Å². The van der Waals surface area contributed by atoms with E-state index in [4.69, 9.17) is 0 Å². The van der Waals surface area contributed by atoms with Crippen LogP contribution in [0.2, 0.25) is 0 Å². The van der Waals surface area contributed by atoms with Crippen LogP contribution in [0, 0.1) is 0 Å². The average Bonchev–Trinajstić information content (AvgIpc) is 2.61. The first-order chi connectivity index (χ1) is 11.7. The van der Waals surface area contributed by atoms with Crippen LogP contribution in [0.25, 0.3) is 22.2 Å². The van der Waals surface area contributed by atoms with E-state index in [9.17, 15) is 15.0 Å². The third kappa shape index (κ3) is 2.22. The highest BCUT2D eigenvalue weighted by atomic mass is 16.4. The first-order valence-corrected chi connectivity index (χ1v) is 8.13. The summed E-state index contributed by atoms with van der Waals surface area (Å²) in [6.07, 6.45) is 4.13. The lowest BCUT2D eigenvalue weighted by molar-refractivity contribution is 0.0696. The molecule has 24 heavy (non-hydrogen) atoms. The van der Waals surface area contributed by atoms with E-state index in [0.29, 0.717) is 22.2 Å². The summed E-state index contributed by atoms with van der Waals surface area (Å²) in [4.78, 5) is 16.5. The van der Waals surface area contributed by atoms with Crippen LogP contribution in [0.5, 0.6) is 5.75 Å². The zero-order valence-corrected chi connectivity index (χ0v) is 13.1. The molecule has 1 aliphatic carbocycles. The van der Waals surface area contributed by atoms with Gasteiger partial charge in [0.15, 0.2) is 5.75 Å². The van der Waals surface area contributed by atoms with Gasteiger partial charge in [-0.3, -0.25) is 0 Å². The molecule has 4 nitrogen and oxygen atoms in total. The highest BCUT2D eigenvalue weighted by Gasteiger charge is 2.24. The van der Waals surface area contributed by atoms with Gasteiger partial charge < -0.3 is 10.2 Å². The molecule has 1 aromatic heterocycles. The highest BCUT2D eigenvalue weighted by Crippen LogP contribution is 2.38. The smallest absolute Gasteiger partial charge is 0.340 e. The molecule has 1 aliphatic rings. The molecule has 0 fully saturated rings. The average molecular weight is 319 g/mol. The van der Waals surface area contributed by atoms with Crippen molar-refractivity contribution in [3.05, 3.63) is 59.2 Å². The summed E-state index contributed by atoms with van der Waals surface area (Å²) in [5.74, 6) is -1.40. The number of hydrogen-bond acceptors (Lipinski definition) is 3. The van der Waals surface area contributed by atoms with Crippen molar-refractivity contribution in [2.45, 2.75) is 25.7 Å². The fourth-order valence-electron chi connectivity index (χ4n) is 3.56. The Balaban J connectivity index is 2.11. The van der Waals surface area contributed by atoms with E-state index in [0.717, 1.165) is 31.2 Å². The summed E-state index contributed by atoms with van der Waals surface area (Å²) in [5.41, 5.74) is 4.06. The van der Waals surface area contributed by atoms with Crippen LogP contribution >= 0.6 is 0 Å². The number of hydrogen-bond donors (Lipinski definition) is 2. The maximum absolute atomic E-state index is 11.8. The zero-order chi connectivity index (χ0) is 16.7. The van der Waals surface area contributed by atoms with Crippen molar-refractivity contribution in [1.82, 2.24) is 4.98 Å². The van der Waals surface area contributed by atoms with Gasteiger partial charge in [-0.25, -0.2) is 9.78 Å². The summed E-state index contributed by atoms with van der Waals surface area (Å²) in [5, 5.41) is 20.7. The Bertz CT molecular complexity index is 948. The van der Waals surface area contributed by atoms with Crippen molar-refractivity contribution in [1.29, 1.82) is 0 Å². The van der Waals surface area contributed by atoms with E-state index in [1.807, 2.05) is 36.4 Å². The molecule has 120 valence electrons. The lowest BCUT2D eigenvalue weighted by atomic mass is 9.88. The molecule has 2 aromatic carbocycles. The second-order valence-electron chi connectivity index (χ2n) is 6.16. The molecule has 0 radical (unpaired) electrons. The van der Waals surface area contributed by atoms with Crippen molar-refractivity contribution >= 4 is 16.9 Å². The first-order valence-electron chi connectivity index (χ1n) is 8.13. The number of nitrogens with zero attached hydrogens (tertiary/aromatic N) is 1. The third-order valence-corrected chi connectivity index (χ3v) is 4.72. The number of carbonyl (C=O) groups is 1. The molecule has 2 N–H and O–H groups in total. The van der Waals surface area contributed by atoms with Crippen molar-refractivity contribution in [2.24, 2.45) is 0 Å². The van der Waals surface area contributed by atoms with Gasteiger partial charge in [0.2, 0.25) is 0 Å². The van der Waals surface area contributed by atoms with Gasteiger partial charge in [-0.1, -0.05) is 42.5 Å². The minimum Gasteiger partial charge on any atom is -0.505 e. The molecule has 1 heterocycles. The summed E-state index contributed by atoms with van der Waals surface area (Å²) in [7, 11) is 0. The van der Waals surface area contributed by atoms with Crippen LogP contribution in [-0.4, -0.2) is 21.2 Å². The quantitative estimate of drug-likeness (QED) is 0.743. The molecular weight excluding hydrogens is 302 g/mol. The molecule has 0 atom stereocenters. The largest absolute Gasteiger partial charge is 0.505 e. The SMILES string of the molecule is O=C(O)c1c(O)c(-c2ccccc2)nc2c3c(ccc12)CCCC3. The number of aromatic nitrogens is 1. The highest BCUT2D eigenvalue weighted by molar-refractivity contribution is 6.08. The summed E-state index contributed by atoms with van der Waals surface area (Å²) in [6, 6.07) is 13.0. The van der Waals surface area contributed by atoms with Gasteiger partial charge in [-0.2, -0.15) is 0 Å². The summed E-state index contributed by atoms with van der Waals surface area (Å²) in [6.45, 7) is 0. The van der Waals surface area contributed by atoms with Crippen LogP contribution in [0.15, 0.2) is 42.5 Å². The maximum Gasteiger partial charge on any atom is 0.340 e. The lowest BCUT2D eigenvalue weighted by Gasteiger charge is -2.19. The molecular formula is C20H17NO3. The minimum absolute atomic E-state index is 0.0628. The third-order valence-electron chi connectivity index (χ3n) is 4.72. The Morgan fingerprint density at radius 3 is 2.50 bits per heavy atom. The first kappa shape index (κ1) is 14.7. The number of aryl methyl sites for hydroxylation is 2. The van der Waals surface area contributed by atoms with Gasteiger partial charge in [0, 0.05) is 10.9 Å². The Hall–Kier alpha value is -2.88. The molecule has 0 amide bonds. The van der Waals surface area contributed by atoms with Gasteiger partial charge in [-0.15, -0.1) is 0 Å². The summed E-state index contributed by atoms with van der Waals surface area (Å²) >= 11 is 0. The maximum atomic E-state index is 11.8. The van der Waals surface area contributed by atoms with Gasteiger partial charge in [0.05, 0.1) is 5.52 Å². The molecule has 0 bridgehead atoms. The molecule has 0 spiro atoms. The normalized spacial score (nSPS) is 13.7. The minimum atomic E-state index is -1.13. The molecule has 0 unspecified atom stereocenters. The second-order valence-corrected chi connectivity index (χ2v) is 6.16. The van der Waals surface area contributed by atoms with E-state index in [1.165, 1.54) is 5.56 Å². The van der Waals surface area contributed by atoms with Crippen LogP contribution in [0.3, 0.4) is 0 Å². The van der Waals surface area contributed by atoms with Crippen LogP contribution in [0.4, 0.5) is 0 Å². The Labute approximate surface area is 139 Å². The van der Waals surface area contributed by atoms with Gasteiger partial charge in [0.1, 0.15) is 11.3 Å². The second kappa shape index (κ2) is 5.64. The molecule has 3 aromatic rings. The van der Waals surface area contributed by atoms with E-state index in [-0.39, 0.29) is 11.3 Å². The van der Waals surface area contributed by atoms with E-state index < -0.39 is 5.97 Å². The molecule has 4 heteroatoms. The van der Waals surface area contributed by atoms with Crippen LogP contribution in [0.1, 0.15) is 34.3 Å². The molecule has 4 rings (SSSR count). The fraction of sp³-hybridized carbons (Fsp3) is 0.200. The van der Waals surface area contributed by atoms with Gasteiger partial charge in [0.25, 0.3) is 0 Å². The predicted octanol–water partition coefficient (Wildman–Crippen LogP) is 4.18. The number of fused-ring (bicyclic) bond motifs is 3. The molecule has 0 saturated carbocycles. The number of rotatable bonds is 2. The number of carboxylic acids is 1. The van der Waals surface area contributed by atoms with Crippen LogP contribution < -0.4 is 0 Å². The number of carboxylic acid groups (broad SMARTS) is 1. The Kier molecular flexibility index (Phi) is 3.45. The van der Waals surface area contributed by atoms with Gasteiger partial charge >= 0.3 is 5.97 Å². The lowest BCUT2D eigenvalue weighted by Crippen LogP contribution is -2.08. The molecule has 0 saturated heterocycles. The van der Waals surface area contributed by atoms with Crippen LogP contribution in [-0.2, 0) is 12.8 Å². The fourth-order valence-corrected chi connectivity index (χ4v) is 3.56. The summed E-state index contributed by atoms with van der Waals surface area (Å²) < 4.78 is 0. The number of pyridine rings is 1. The number of aromatic carboxylic acids is 1. The predicted molar refractivity (Wildman–Crippen MR) is 92.4 cm³/mol. The number of benzene rings is 2. The Morgan fingerprint density at radius 2 is 1.75 bits per heavy atom. The van der Waals surface area contributed by atoms with E-state index in [1.54, 1.807) is 6.07 Å². The molecule has 0 aliphatic heterocycles. The van der Waals surface area contributed by atoms with Crippen molar-refractivity contribution in [3.8, 4) is 17.0 Å². The number of aromatic hydroxyl groups is 1. The standard InChI is InChI=1S/C20H17NO3/c22-19-16(20(23)24)15-11-10-12-6-4-5-9-14(12)18(15)21-17(19)13-7-2-1-3-8-13/h1-3,7-8,10-11,22H,4-6,9H2,(H,23,24). The van der Waals surface area contributed by atoms with E-state index in [2.05, 4.69) is 4.98 Å². The van der Waals surface area contributed by atoms with Crippen molar-refractivity contribution in [3.63, 3.8) is 0 Å².